The van der Waals surface area contributed by atoms with Gasteiger partial charge in [0.2, 0.25) is 5.91 Å². The lowest BCUT2D eigenvalue weighted by Gasteiger charge is -2.26. The van der Waals surface area contributed by atoms with Gasteiger partial charge in [0.05, 0.1) is 0 Å². The van der Waals surface area contributed by atoms with Gasteiger partial charge in [0.15, 0.2) is 0 Å². The standard InChI is InChI=1S/C9H12F3NO/c1-3-7-4-8(14)13(5-7)6(2)9(10,11)12/h3,6-7H,1,4-5H2,2H3. The topological polar surface area (TPSA) is 20.3 Å². The third-order valence-corrected chi connectivity index (χ3v) is 2.46. The first-order valence-electron chi connectivity index (χ1n) is 4.35. The second kappa shape index (κ2) is 3.63. The van der Waals surface area contributed by atoms with Crippen molar-refractivity contribution in [3.63, 3.8) is 0 Å². The molecule has 1 amide bonds. The van der Waals surface area contributed by atoms with Gasteiger partial charge in [0.25, 0.3) is 0 Å². The maximum absolute atomic E-state index is 12.3. The highest BCUT2D eigenvalue weighted by molar-refractivity contribution is 5.79. The summed E-state index contributed by atoms with van der Waals surface area (Å²) in [6.07, 6.45) is -2.67. The largest absolute Gasteiger partial charge is 0.408 e. The molecule has 1 heterocycles. The maximum Gasteiger partial charge on any atom is 0.408 e. The fraction of sp³-hybridized carbons (Fsp3) is 0.667. The predicted molar refractivity (Wildman–Crippen MR) is 45.5 cm³/mol. The van der Waals surface area contributed by atoms with Crippen LogP contribution in [-0.2, 0) is 4.79 Å². The van der Waals surface area contributed by atoms with E-state index in [2.05, 4.69) is 6.58 Å². The minimum Gasteiger partial charge on any atom is -0.330 e. The molecule has 0 aromatic rings. The van der Waals surface area contributed by atoms with Crippen LogP contribution in [0, 0.1) is 5.92 Å². The van der Waals surface area contributed by atoms with Crippen LogP contribution in [0.5, 0.6) is 0 Å². The van der Waals surface area contributed by atoms with E-state index in [1.807, 2.05) is 0 Å². The molecule has 0 aromatic carbocycles. The summed E-state index contributed by atoms with van der Waals surface area (Å²) in [4.78, 5) is 12.1. The summed E-state index contributed by atoms with van der Waals surface area (Å²) < 4.78 is 36.9. The smallest absolute Gasteiger partial charge is 0.330 e. The number of halogens is 3. The Labute approximate surface area is 80.4 Å². The molecule has 2 nitrogen and oxygen atoms in total. The Balaban J connectivity index is 2.71. The average Bonchev–Trinajstić information content (AvgIpc) is 2.43. The summed E-state index contributed by atoms with van der Waals surface area (Å²) in [7, 11) is 0. The molecule has 0 aliphatic carbocycles. The fourth-order valence-electron chi connectivity index (χ4n) is 1.47. The van der Waals surface area contributed by atoms with E-state index in [9.17, 15) is 18.0 Å². The molecule has 0 N–H and O–H groups in total. The molecule has 0 radical (unpaired) electrons. The molecule has 0 bridgehead atoms. The Morgan fingerprint density at radius 3 is 2.57 bits per heavy atom. The van der Waals surface area contributed by atoms with Crippen molar-refractivity contribution in [2.75, 3.05) is 6.54 Å². The van der Waals surface area contributed by atoms with Crippen LogP contribution in [0.1, 0.15) is 13.3 Å². The molecular weight excluding hydrogens is 195 g/mol. The van der Waals surface area contributed by atoms with Gasteiger partial charge in [-0.25, -0.2) is 0 Å². The summed E-state index contributed by atoms with van der Waals surface area (Å²) >= 11 is 0. The molecule has 2 unspecified atom stereocenters. The molecule has 1 rings (SSSR count). The van der Waals surface area contributed by atoms with Crippen molar-refractivity contribution in [3.8, 4) is 0 Å². The van der Waals surface area contributed by atoms with Crippen molar-refractivity contribution in [2.24, 2.45) is 5.92 Å². The van der Waals surface area contributed by atoms with Gasteiger partial charge >= 0.3 is 6.18 Å². The summed E-state index contributed by atoms with van der Waals surface area (Å²) in [5, 5.41) is 0. The number of alkyl halides is 3. The van der Waals surface area contributed by atoms with E-state index in [0.29, 0.717) is 0 Å². The van der Waals surface area contributed by atoms with Gasteiger partial charge in [-0.3, -0.25) is 4.79 Å². The zero-order valence-corrected chi connectivity index (χ0v) is 7.84. The van der Waals surface area contributed by atoms with Crippen LogP contribution in [0.3, 0.4) is 0 Å². The summed E-state index contributed by atoms with van der Waals surface area (Å²) in [5.74, 6) is -0.591. The predicted octanol–water partition coefficient (Wildman–Crippen LogP) is 1.97. The molecule has 0 aromatic heterocycles. The third kappa shape index (κ3) is 2.08. The number of nitrogens with zero attached hydrogens (tertiary/aromatic N) is 1. The summed E-state index contributed by atoms with van der Waals surface area (Å²) in [6, 6.07) is -1.69. The van der Waals surface area contributed by atoms with Gasteiger partial charge < -0.3 is 4.90 Å². The lowest BCUT2D eigenvalue weighted by Crippen LogP contribution is -2.44. The van der Waals surface area contributed by atoms with Crippen LogP contribution in [0.2, 0.25) is 0 Å². The number of hydrogen-bond acceptors (Lipinski definition) is 1. The molecule has 1 fully saturated rings. The highest BCUT2D eigenvalue weighted by atomic mass is 19.4. The van der Waals surface area contributed by atoms with Crippen LogP contribution >= 0.6 is 0 Å². The molecule has 80 valence electrons. The van der Waals surface area contributed by atoms with E-state index in [1.54, 1.807) is 0 Å². The van der Waals surface area contributed by atoms with E-state index in [0.717, 1.165) is 11.8 Å². The Kier molecular flexibility index (Phi) is 2.87. The monoisotopic (exact) mass is 207 g/mol. The molecule has 5 heteroatoms. The number of carbonyl (C=O) groups is 1. The first kappa shape index (κ1) is 11.1. The fourth-order valence-corrected chi connectivity index (χ4v) is 1.47. The number of hydrogen-bond donors (Lipinski definition) is 0. The van der Waals surface area contributed by atoms with Gasteiger partial charge in [-0.1, -0.05) is 6.08 Å². The van der Waals surface area contributed by atoms with E-state index in [-0.39, 0.29) is 18.9 Å². The Hall–Kier alpha value is -1.00. The van der Waals surface area contributed by atoms with Gasteiger partial charge in [-0.2, -0.15) is 13.2 Å². The number of likely N-dealkylation sites (tertiary alicyclic amines) is 1. The first-order valence-corrected chi connectivity index (χ1v) is 4.35. The zero-order valence-electron chi connectivity index (χ0n) is 7.84. The molecule has 1 aliphatic rings. The van der Waals surface area contributed by atoms with Crippen molar-refractivity contribution in [2.45, 2.75) is 25.6 Å². The third-order valence-electron chi connectivity index (χ3n) is 2.46. The number of carbonyl (C=O) groups excluding carboxylic acids is 1. The van der Waals surface area contributed by atoms with E-state index in [4.69, 9.17) is 0 Å². The van der Waals surface area contributed by atoms with E-state index < -0.39 is 18.1 Å². The SMILES string of the molecule is C=CC1CC(=O)N(C(C)C(F)(F)F)C1. The summed E-state index contributed by atoms with van der Waals surface area (Å²) in [6.45, 7) is 4.60. The van der Waals surface area contributed by atoms with Crippen molar-refractivity contribution >= 4 is 5.91 Å². The highest BCUT2D eigenvalue weighted by Crippen LogP contribution is 2.29. The quantitative estimate of drug-likeness (QED) is 0.634. The maximum atomic E-state index is 12.3. The van der Waals surface area contributed by atoms with Gasteiger partial charge in [-0.15, -0.1) is 6.58 Å². The molecular formula is C9H12F3NO. The number of amides is 1. The van der Waals surface area contributed by atoms with Crippen molar-refractivity contribution in [1.29, 1.82) is 0 Å². The second-order valence-corrected chi connectivity index (χ2v) is 3.46. The molecule has 1 aliphatic heterocycles. The highest BCUT2D eigenvalue weighted by Gasteiger charge is 2.44. The Bertz CT molecular complexity index is 249. The Morgan fingerprint density at radius 1 is 1.64 bits per heavy atom. The van der Waals surface area contributed by atoms with Crippen LogP contribution in [0.15, 0.2) is 12.7 Å². The van der Waals surface area contributed by atoms with Crippen molar-refractivity contribution in [1.82, 2.24) is 4.90 Å². The van der Waals surface area contributed by atoms with Crippen molar-refractivity contribution in [3.05, 3.63) is 12.7 Å². The first-order chi connectivity index (χ1) is 6.36. The van der Waals surface area contributed by atoms with E-state index >= 15 is 0 Å². The lowest BCUT2D eigenvalue weighted by molar-refractivity contribution is -0.182. The number of rotatable bonds is 2. The molecule has 0 spiro atoms. The van der Waals surface area contributed by atoms with Crippen LogP contribution < -0.4 is 0 Å². The van der Waals surface area contributed by atoms with Crippen molar-refractivity contribution < 1.29 is 18.0 Å². The second-order valence-electron chi connectivity index (χ2n) is 3.46. The zero-order chi connectivity index (χ0) is 10.9. The molecule has 0 saturated carbocycles. The summed E-state index contributed by atoms with van der Waals surface area (Å²) in [5.41, 5.74) is 0. The van der Waals surface area contributed by atoms with Gasteiger partial charge in [0.1, 0.15) is 6.04 Å². The van der Waals surface area contributed by atoms with Gasteiger partial charge in [0, 0.05) is 18.9 Å². The van der Waals surface area contributed by atoms with Crippen LogP contribution in [0.25, 0.3) is 0 Å². The van der Waals surface area contributed by atoms with Crippen LogP contribution in [0.4, 0.5) is 13.2 Å². The van der Waals surface area contributed by atoms with E-state index in [1.165, 1.54) is 6.08 Å². The average molecular weight is 207 g/mol. The molecule has 14 heavy (non-hydrogen) atoms. The Morgan fingerprint density at radius 2 is 2.21 bits per heavy atom. The lowest BCUT2D eigenvalue weighted by atomic mass is 10.1. The minimum absolute atomic E-state index is 0.128. The normalized spacial score (nSPS) is 25.3. The molecule has 1 saturated heterocycles. The molecule has 2 atom stereocenters. The van der Waals surface area contributed by atoms with Gasteiger partial charge in [-0.05, 0) is 6.92 Å². The van der Waals surface area contributed by atoms with Crippen LogP contribution in [-0.4, -0.2) is 29.6 Å². The minimum atomic E-state index is -4.34.